The first-order valence-corrected chi connectivity index (χ1v) is 5.73. The van der Waals surface area contributed by atoms with Crippen LogP contribution in [0.25, 0.3) is 0 Å². The maximum Gasteiger partial charge on any atom is 0.135 e. The van der Waals surface area contributed by atoms with Gasteiger partial charge in [-0.2, -0.15) is 0 Å². The van der Waals surface area contributed by atoms with Crippen molar-refractivity contribution >= 4 is 34.7 Å². The lowest BCUT2D eigenvalue weighted by Gasteiger charge is -2.09. The van der Waals surface area contributed by atoms with Crippen LogP contribution in [0.1, 0.15) is 5.56 Å². The van der Waals surface area contributed by atoms with Crippen molar-refractivity contribution in [3.05, 3.63) is 52.1 Å². The number of benzene rings is 1. The Morgan fingerprint density at radius 2 is 2.00 bits per heavy atom. The van der Waals surface area contributed by atoms with E-state index in [4.69, 9.17) is 28.3 Å². The summed E-state index contributed by atoms with van der Waals surface area (Å²) in [6, 6.07) is 8.77. The van der Waals surface area contributed by atoms with Crippen LogP contribution in [-0.4, -0.2) is 10.1 Å². The highest BCUT2D eigenvalue weighted by Crippen LogP contribution is 2.27. The largest absolute Gasteiger partial charge is 0.392 e. The number of nitrogens with one attached hydrogen (secondary N) is 1. The lowest BCUT2D eigenvalue weighted by atomic mass is 10.2. The smallest absolute Gasteiger partial charge is 0.135 e. The Balaban J connectivity index is 2.28. The van der Waals surface area contributed by atoms with Gasteiger partial charge >= 0.3 is 0 Å². The van der Waals surface area contributed by atoms with Crippen LogP contribution in [0.5, 0.6) is 0 Å². The molecule has 2 rings (SSSR count). The summed E-state index contributed by atoms with van der Waals surface area (Å²) in [7, 11) is 0. The number of aliphatic hydroxyl groups is 1. The molecule has 17 heavy (non-hydrogen) atoms. The summed E-state index contributed by atoms with van der Waals surface area (Å²) in [5.41, 5.74) is 1.49. The second kappa shape index (κ2) is 5.36. The molecule has 2 aromatic rings. The Morgan fingerprint density at radius 1 is 1.18 bits per heavy atom. The second-order valence-electron chi connectivity index (χ2n) is 3.42. The summed E-state index contributed by atoms with van der Waals surface area (Å²) >= 11 is 11.7. The molecule has 5 heteroatoms. The van der Waals surface area contributed by atoms with E-state index >= 15 is 0 Å². The molecule has 88 valence electrons. The van der Waals surface area contributed by atoms with E-state index in [0.29, 0.717) is 15.9 Å². The van der Waals surface area contributed by atoms with Crippen molar-refractivity contribution in [3.8, 4) is 0 Å². The van der Waals surface area contributed by atoms with E-state index < -0.39 is 0 Å². The molecule has 0 aliphatic carbocycles. The van der Waals surface area contributed by atoms with Crippen molar-refractivity contribution < 1.29 is 5.11 Å². The molecule has 0 amide bonds. The summed E-state index contributed by atoms with van der Waals surface area (Å²) in [5, 5.41) is 13.2. The third-order valence-corrected chi connectivity index (χ3v) is 2.98. The number of hydrogen-bond acceptors (Lipinski definition) is 3. The number of aliphatic hydroxyl groups excluding tert-OH is 1. The highest BCUT2D eigenvalue weighted by atomic mass is 35.5. The van der Waals surface area contributed by atoms with Gasteiger partial charge in [0.1, 0.15) is 5.82 Å². The lowest BCUT2D eigenvalue weighted by molar-refractivity contribution is 0.282. The molecule has 3 nitrogen and oxygen atoms in total. The van der Waals surface area contributed by atoms with Gasteiger partial charge in [0.05, 0.1) is 16.7 Å². The van der Waals surface area contributed by atoms with Crippen LogP contribution in [-0.2, 0) is 6.61 Å². The number of pyridine rings is 1. The highest BCUT2D eigenvalue weighted by Gasteiger charge is 2.04. The third kappa shape index (κ3) is 2.88. The maximum atomic E-state index is 9.17. The normalized spacial score (nSPS) is 10.3. The maximum absolute atomic E-state index is 9.17. The minimum atomic E-state index is -0.0719. The summed E-state index contributed by atoms with van der Waals surface area (Å²) in [6.45, 7) is -0.0719. The van der Waals surface area contributed by atoms with Crippen LogP contribution in [0.3, 0.4) is 0 Å². The molecule has 0 aliphatic heterocycles. The molecule has 1 aromatic heterocycles. The van der Waals surface area contributed by atoms with Crippen LogP contribution in [0.4, 0.5) is 11.5 Å². The van der Waals surface area contributed by atoms with Gasteiger partial charge in [0.25, 0.3) is 0 Å². The Bertz CT molecular complexity index is 532. The van der Waals surface area contributed by atoms with E-state index in [0.717, 1.165) is 11.3 Å². The summed E-state index contributed by atoms with van der Waals surface area (Å²) in [6.07, 6.45) is 1.65. The van der Waals surface area contributed by atoms with Crippen molar-refractivity contribution in [2.75, 3.05) is 5.32 Å². The Kier molecular flexibility index (Phi) is 3.84. The molecule has 2 N–H and O–H groups in total. The van der Waals surface area contributed by atoms with Gasteiger partial charge in [-0.1, -0.05) is 29.3 Å². The average molecular weight is 269 g/mol. The molecule has 0 saturated heterocycles. The number of hydrogen-bond donors (Lipinski definition) is 2. The highest BCUT2D eigenvalue weighted by molar-refractivity contribution is 6.42. The molecule has 0 spiro atoms. The number of nitrogens with zero attached hydrogens (tertiary/aromatic N) is 1. The Morgan fingerprint density at radius 3 is 2.71 bits per heavy atom. The monoisotopic (exact) mass is 268 g/mol. The van der Waals surface area contributed by atoms with Gasteiger partial charge in [-0.05, 0) is 24.3 Å². The predicted molar refractivity (Wildman–Crippen MR) is 69.9 cm³/mol. The van der Waals surface area contributed by atoms with Crippen LogP contribution in [0, 0.1) is 0 Å². The first-order chi connectivity index (χ1) is 8.20. The molecule has 0 aliphatic rings. The molecular formula is C12H10Cl2N2O. The molecule has 0 fully saturated rings. The molecule has 0 saturated carbocycles. The fourth-order valence-corrected chi connectivity index (χ4v) is 1.69. The molecular weight excluding hydrogens is 259 g/mol. The summed E-state index contributed by atoms with van der Waals surface area (Å²) < 4.78 is 0. The fourth-order valence-electron chi connectivity index (χ4n) is 1.39. The standard InChI is InChI=1S/C12H10Cl2N2O/c13-10-4-3-9(6-11(10)14)16-12-8(7-17)2-1-5-15-12/h1-6,17H,7H2,(H,15,16). The van der Waals surface area contributed by atoms with Gasteiger partial charge in [0.15, 0.2) is 0 Å². The zero-order chi connectivity index (χ0) is 12.3. The van der Waals surface area contributed by atoms with E-state index in [1.165, 1.54) is 0 Å². The first-order valence-electron chi connectivity index (χ1n) is 4.97. The summed E-state index contributed by atoms with van der Waals surface area (Å²) in [4.78, 5) is 4.15. The molecule has 0 unspecified atom stereocenters. The van der Waals surface area contributed by atoms with E-state index in [9.17, 15) is 0 Å². The van der Waals surface area contributed by atoms with Gasteiger partial charge in [0, 0.05) is 17.4 Å². The Hall–Kier alpha value is -1.29. The van der Waals surface area contributed by atoms with Crippen molar-refractivity contribution in [1.82, 2.24) is 4.98 Å². The minimum Gasteiger partial charge on any atom is -0.392 e. The van der Waals surface area contributed by atoms with E-state index in [-0.39, 0.29) is 6.61 Å². The lowest BCUT2D eigenvalue weighted by Crippen LogP contribution is -1.98. The number of aromatic nitrogens is 1. The zero-order valence-corrected chi connectivity index (χ0v) is 10.3. The van der Waals surface area contributed by atoms with Gasteiger partial charge in [0.2, 0.25) is 0 Å². The summed E-state index contributed by atoms with van der Waals surface area (Å²) in [5.74, 6) is 0.605. The Labute approximate surface area is 109 Å². The van der Waals surface area contributed by atoms with E-state index in [1.54, 1.807) is 36.5 Å². The van der Waals surface area contributed by atoms with Crippen molar-refractivity contribution in [2.24, 2.45) is 0 Å². The van der Waals surface area contributed by atoms with Crippen LogP contribution in [0.15, 0.2) is 36.5 Å². The number of anilines is 2. The van der Waals surface area contributed by atoms with Crippen molar-refractivity contribution in [2.45, 2.75) is 6.61 Å². The van der Waals surface area contributed by atoms with Crippen molar-refractivity contribution in [3.63, 3.8) is 0 Å². The topological polar surface area (TPSA) is 45.2 Å². The molecule has 0 bridgehead atoms. The number of halogens is 2. The van der Waals surface area contributed by atoms with Gasteiger partial charge in [-0.15, -0.1) is 0 Å². The van der Waals surface area contributed by atoms with Gasteiger partial charge in [-0.25, -0.2) is 4.98 Å². The molecule has 0 atom stereocenters. The molecule has 1 aromatic carbocycles. The average Bonchev–Trinajstić information content (AvgIpc) is 2.34. The van der Waals surface area contributed by atoms with E-state index in [1.807, 2.05) is 0 Å². The predicted octanol–water partition coefficient (Wildman–Crippen LogP) is 3.62. The molecule has 0 radical (unpaired) electrons. The van der Waals surface area contributed by atoms with Crippen LogP contribution >= 0.6 is 23.2 Å². The number of rotatable bonds is 3. The van der Waals surface area contributed by atoms with Crippen molar-refractivity contribution in [1.29, 1.82) is 0 Å². The third-order valence-electron chi connectivity index (χ3n) is 2.24. The van der Waals surface area contributed by atoms with Gasteiger partial charge in [-0.3, -0.25) is 0 Å². The molecule has 1 heterocycles. The minimum absolute atomic E-state index is 0.0719. The zero-order valence-electron chi connectivity index (χ0n) is 8.82. The second-order valence-corrected chi connectivity index (χ2v) is 4.24. The van der Waals surface area contributed by atoms with Gasteiger partial charge < -0.3 is 10.4 Å². The first kappa shape index (κ1) is 12.2. The van der Waals surface area contributed by atoms with Crippen LogP contribution < -0.4 is 5.32 Å². The fraction of sp³-hybridized carbons (Fsp3) is 0.0833. The van der Waals surface area contributed by atoms with E-state index in [2.05, 4.69) is 10.3 Å². The quantitative estimate of drug-likeness (QED) is 0.894. The SMILES string of the molecule is OCc1cccnc1Nc1ccc(Cl)c(Cl)c1. The van der Waals surface area contributed by atoms with Crippen LogP contribution in [0.2, 0.25) is 10.0 Å².